The third kappa shape index (κ3) is 7.00. The molecule has 0 amide bonds. The molecule has 0 aliphatic heterocycles. The van der Waals surface area contributed by atoms with Crippen LogP contribution >= 0.6 is 0 Å². The van der Waals surface area contributed by atoms with E-state index in [1.807, 2.05) is 34.6 Å². The molecular formula is C12H22O3. The highest BCUT2D eigenvalue weighted by Crippen LogP contribution is 2.16. The fourth-order valence-corrected chi connectivity index (χ4v) is 1.11. The summed E-state index contributed by atoms with van der Waals surface area (Å²) in [5, 5.41) is 0. The summed E-state index contributed by atoms with van der Waals surface area (Å²) in [5.41, 5.74) is 0.128. The summed E-state index contributed by atoms with van der Waals surface area (Å²) in [4.78, 5) is 11.7. The second kappa shape index (κ2) is 5.79. The topological polar surface area (TPSA) is 35.5 Å². The first-order valence-corrected chi connectivity index (χ1v) is 5.21. The molecule has 0 rings (SSSR count). The van der Waals surface area contributed by atoms with E-state index in [0.29, 0.717) is 17.9 Å². The van der Waals surface area contributed by atoms with Crippen LogP contribution in [0.5, 0.6) is 0 Å². The van der Waals surface area contributed by atoms with E-state index in [9.17, 15) is 4.79 Å². The molecule has 15 heavy (non-hydrogen) atoms. The number of rotatable bonds is 4. The highest BCUT2D eigenvalue weighted by molar-refractivity contribution is 5.88. The van der Waals surface area contributed by atoms with Gasteiger partial charge in [0.05, 0.1) is 18.9 Å². The van der Waals surface area contributed by atoms with Crippen molar-refractivity contribution in [3.8, 4) is 0 Å². The van der Waals surface area contributed by atoms with Crippen molar-refractivity contribution in [2.45, 2.75) is 46.6 Å². The van der Waals surface area contributed by atoms with E-state index in [1.54, 1.807) is 0 Å². The van der Waals surface area contributed by atoms with E-state index < -0.39 is 5.60 Å². The van der Waals surface area contributed by atoms with Gasteiger partial charge in [0.2, 0.25) is 0 Å². The lowest BCUT2D eigenvalue weighted by molar-refractivity contribution is -0.150. The quantitative estimate of drug-likeness (QED) is 0.410. The zero-order valence-corrected chi connectivity index (χ0v) is 10.6. The highest BCUT2D eigenvalue weighted by Gasteiger charge is 2.20. The van der Waals surface area contributed by atoms with Crippen LogP contribution in [0.2, 0.25) is 0 Å². The van der Waals surface area contributed by atoms with E-state index in [2.05, 4.69) is 0 Å². The average Bonchev–Trinajstić information content (AvgIpc) is 1.99. The van der Waals surface area contributed by atoms with Crippen molar-refractivity contribution < 1.29 is 14.3 Å². The zero-order chi connectivity index (χ0) is 12.1. The minimum atomic E-state index is -0.457. The van der Waals surface area contributed by atoms with Gasteiger partial charge in [-0.3, -0.25) is 0 Å². The lowest BCUT2D eigenvalue weighted by Gasteiger charge is -2.20. The van der Waals surface area contributed by atoms with Crippen LogP contribution in [0.1, 0.15) is 41.0 Å². The molecule has 0 radical (unpaired) electrons. The molecule has 0 atom stereocenters. The minimum absolute atomic E-state index is 0.293. The number of carbonyl (C=O) groups excluding carboxylic acids is 1. The summed E-state index contributed by atoms with van der Waals surface area (Å²) in [6.45, 7) is 9.65. The van der Waals surface area contributed by atoms with Crippen LogP contribution in [0.15, 0.2) is 11.8 Å². The summed E-state index contributed by atoms with van der Waals surface area (Å²) < 4.78 is 10.1. The Hall–Kier alpha value is -0.990. The van der Waals surface area contributed by atoms with Gasteiger partial charge in [-0.25, -0.2) is 4.79 Å². The Morgan fingerprint density at radius 1 is 1.33 bits per heavy atom. The van der Waals surface area contributed by atoms with E-state index in [-0.39, 0.29) is 5.97 Å². The van der Waals surface area contributed by atoms with Crippen molar-refractivity contribution in [2.75, 3.05) is 7.11 Å². The summed E-state index contributed by atoms with van der Waals surface area (Å²) in [6, 6.07) is 0. The molecule has 0 saturated carbocycles. The minimum Gasteiger partial charge on any atom is -0.504 e. The van der Waals surface area contributed by atoms with Crippen LogP contribution in [0.3, 0.4) is 0 Å². The molecular weight excluding hydrogens is 192 g/mol. The molecule has 0 fully saturated rings. The number of carbonyl (C=O) groups is 1. The predicted octanol–water partition coefficient (Wildman–Crippen LogP) is 2.90. The zero-order valence-electron chi connectivity index (χ0n) is 10.6. The van der Waals surface area contributed by atoms with Crippen LogP contribution in [0, 0.1) is 5.92 Å². The molecule has 0 saturated heterocycles. The van der Waals surface area contributed by atoms with Gasteiger partial charge in [0.15, 0.2) is 0 Å². The number of hydrogen-bond donors (Lipinski definition) is 0. The molecule has 0 N–H and O–H groups in total. The second-order valence-corrected chi connectivity index (χ2v) is 4.98. The Balaban J connectivity index is 4.51. The van der Waals surface area contributed by atoms with E-state index >= 15 is 0 Å². The van der Waals surface area contributed by atoms with Crippen LogP contribution < -0.4 is 0 Å². The summed E-state index contributed by atoms with van der Waals surface area (Å²) in [6.07, 6.45) is 2.14. The van der Waals surface area contributed by atoms with Gasteiger partial charge >= 0.3 is 5.97 Å². The van der Waals surface area contributed by atoms with Crippen molar-refractivity contribution in [3.05, 3.63) is 11.8 Å². The second-order valence-electron chi connectivity index (χ2n) is 4.98. The molecule has 0 spiro atoms. The summed E-state index contributed by atoms with van der Waals surface area (Å²) in [7, 11) is 1.53. The molecule has 0 heterocycles. The molecule has 0 aromatic carbocycles. The molecule has 0 aromatic heterocycles. The first-order chi connectivity index (χ1) is 6.76. The summed E-state index contributed by atoms with van der Waals surface area (Å²) in [5.74, 6) is 0.108. The van der Waals surface area contributed by atoms with Crippen molar-refractivity contribution in [3.63, 3.8) is 0 Å². The Labute approximate surface area is 92.5 Å². The van der Waals surface area contributed by atoms with Gasteiger partial charge in [-0.1, -0.05) is 13.8 Å². The first-order valence-electron chi connectivity index (χ1n) is 5.21. The molecule has 0 aromatic rings. The van der Waals surface area contributed by atoms with E-state index in [4.69, 9.17) is 9.47 Å². The van der Waals surface area contributed by atoms with Crippen molar-refractivity contribution in [1.82, 2.24) is 0 Å². The number of esters is 1. The molecule has 0 aliphatic rings. The Morgan fingerprint density at radius 3 is 2.20 bits per heavy atom. The van der Waals surface area contributed by atoms with Gasteiger partial charge in [0.25, 0.3) is 0 Å². The van der Waals surface area contributed by atoms with Gasteiger partial charge in [0.1, 0.15) is 5.60 Å². The molecule has 88 valence electrons. The van der Waals surface area contributed by atoms with Gasteiger partial charge in [-0.05, 0) is 33.1 Å². The van der Waals surface area contributed by atoms with Gasteiger partial charge < -0.3 is 9.47 Å². The number of ether oxygens (including phenoxy) is 2. The largest absolute Gasteiger partial charge is 0.504 e. The first kappa shape index (κ1) is 14.0. The maximum atomic E-state index is 11.7. The molecule has 0 unspecified atom stereocenters. The molecule has 0 bridgehead atoms. The van der Waals surface area contributed by atoms with Gasteiger partial charge in [-0.15, -0.1) is 0 Å². The van der Waals surface area contributed by atoms with Crippen LogP contribution in [0.4, 0.5) is 0 Å². The Bertz CT molecular complexity index is 234. The van der Waals surface area contributed by atoms with E-state index in [0.717, 1.165) is 0 Å². The lowest BCUT2D eigenvalue weighted by Crippen LogP contribution is -2.25. The molecule has 3 nitrogen and oxygen atoms in total. The SMILES string of the molecule is COC=C(CC(C)C)C(=O)OC(C)(C)C. The Morgan fingerprint density at radius 2 is 1.87 bits per heavy atom. The Kier molecular flexibility index (Phi) is 5.40. The molecule has 0 aliphatic carbocycles. The van der Waals surface area contributed by atoms with Gasteiger partial charge in [0, 0.05) is 0 Å². The summed E-state index contributed by atoms with van der Waals surface area (Å²) >= 11 is 0. The van der Waals surface area contributed by atoms with Crippen molar-refractivity contribution in [1.29, 1.82) is 0 Å². The van der Waals surface area contributed by atoms with Crippen LogP contribution in [0.25, 0.3) is 0 Å². The van der Waals surface area contributed by atoms with E-state index in [1.165, 1.54) is 13.4 Å². The third-order valence-corrected chi connectivity index (χ3v) is 1.55. The fourth-order valence-electron chi connectivity index (χ4n) is 1.11. The standard InChI is InChI=1S/C12H22O3/c1-9(2)7-10(8-14-6)11(13)15-12(3,4)5/h8-9H,7H2,1-6H3. The fraction of sp³-hybridized carbons (Fsp3) is 0.750. The average molecular weight is 214 g/mol. The highest BCUT2D eigenvalue weighted by atomic mass is 16.6. The molecule has 3 heteroatoms. The lowest BCUT2D eigenvalue weighted by atomic mass is 10.0. The van der Waals surface area contributed by atoms with Crippen LogP contribution in [-0.2, 0) is 14.3 Å². The third-order valence-electron chi connectivity index (χ3n) is 1.55. The number of hydrogen-bond acceptors (Lipinski definition) is 3. The monoisotopic (exact) mass is 214 g/mol. The maximum absolute atomic E-state index is 11.7. The van der Waals surface area contributed by atoms with Crippen molar-refractivity contribution >= 4 is 5.97 Å². The van der Waals surface area contributed by atoms with Crippen molar-refractivity contribution in [2.24, 2.45) is 5.92 Å². The normalized spacial score (nSPS) is 12.9. The van der Waals surface area contributed by atoms with Crippen LogP contribution in [-0.4, -0.2) is 18.7 Å². The maximum Gasteiger partial charge on any atom is 0.337 e. The predicted molar refractivity (Wildman–Crippen MR) is 60.4 cm³/mol. The number of methoxy groups -OCH3 is 1. The smallest absolute Gasteiger partial charge is 0.337 e. The van der Waals surface area contributed by atoms with Gasteiger partial charge in [-0.2, -0.15) is 0 Å².